The zero-order valence-electron chi connectivity index (χ0n) is 11.4. The van der Waals surface area contributed by atoms with Crippen molar-refractivity contribution >= 4 is 13.5 Å². The summed E-state index contributed by atoms with van der Waals surface area (Å²) < 4.78 is 11.3. The Kier molecular flexibility index (Phi) is 6.51. The summed E-state index contributed by atoms with van der Waals surface area (Å²) in [4.78, 5) is 30.5. The van der Waals surface area contributed by atoms with Crippen LogP contribution >= 0.6 is 7.60 Å². The van der Waals surface area contributed by atoms with Crippen molar-refractivity contribution in [3.8, 4) is 0 Å². The van der Waals surface area contributed by atoms with Gasteiger partial charge in [-0.1, -0.05) is 27.7 Å². The molecular weight excluding hydrogens is 257 g/mol. The van der Waals surface area contributed by atoms with Crippen molar-refractivity contribution in [3.05, 3.63) is 0 Å². The van der Waals surface area contributed by atoms with E-state index in [9.17, 15) is 19.1 Å². The number of amides is 1. The molecule has 1 amide bonds. The molecule has 0 aromatic carbocycles. The minimum atomic E-state index is -4.32. The molecule has 0 fully saturated rings. The molecule has 18 heavy (non-hydrogen) atoms. The van der Waals surface area contributed by atoms with Crippen molar-refractivity contribution in [2.75, 3.05) is 12.9 Å². The standard InChI is InChI=1S/C11H24NO5P/c1-8(2)5-11(9(3)4,6-18(15,16)17)10(14)12-7-13/h8-9,13H,5-7H2,1-4H3,(H,12,14)(H2,15,16,17). The summed E-state index contributed by atoms with van der Waals surface area (Å²) in [6.45, 7) is 6.77. The SMILES string of the molecule is CC(C)CC(CP(=O)(O)O)(C(=O)NCO)C(C)C. The van der Waals surface area contributed by atoms with Crippen LogP contribution in [-0.4, -0.2) is 33.7 Å². The first-order valence-electron chi connectivity index (χ1n) is 5.99. The minimum Gasteiger partial charge on any atom is -0.377 e. The molecule has 4 N–H and O–H groups in total. The molecule has 0 heterocycles. The first-order chi connectivity index (χ1) is 8.05. The van der Waals surface area contributed by atoms with Crippen LogP contribution in [0.15, 0.2) is 0 Å². The number of rotatable bonds is 7. The normalized spacial score (nSPS) is 15.8. The van der Waals surface area contributed by atoms with Gasteiger partial charge in [0.15, 0.2) is 0 Å². The van der Waals surface area contributed by atoms with Gasteiger partial charge in [0.05, 0.1) is 11.6 Å². The van der Waals surface area contributed by atoms with E-state index < -0.39 is 31.8 Å². The molecule has 1 atom stereocenters. The second-order valence-corrected chi connectivity index (χ2v) is 7.04. The van der Waals surface area contributed by atoms with Crippen LogP contribution in [0.2, 0.25) is 0 Å². The fourth-order valence-electron chi connectivity index (χ4n) is 2.25. The van der Waals surface area contributed by atoms with E-state index in [0.29, 0.717) is 6.42 Å². The van der Waals surface area contributed by atoms with Gasteiger partial charge in [0.2, 0.25) is 5.91 Å². The Balaban J connectivity index is 5.42. The minimum absolute atomic E-state index is 0.114. The van der Waals surface area contributed by atoms with Crippen molar-refractivity contribution in [2.24, 2.45) is 17.3 Å². The zero-order valence-corrected chi connectivity index (χ0v) is 12.3. The summed E-state index contributed by atoms with van der Waals surface area (Å²) in [5.74, 6) is -0.625. The molecule has 0 aromatic rings. The highest BCUT2D eigenvalue weighted by atomic mass is 31.2. The number of carbonyl (C=O) groups excluding carboxylic acids is 1. The monoisotopic (exact) mass is 281 g/mol. The van der Waals surface area contributed by atoms with Gasteiger partial charge in [-0.15, -0.1) is 0 Å². The van der Waals surface area contributed by atoms with Gasteiger partial charge in [-0.3, -0.25) is 9.36 Å². The van der Waals surface area contributed by atoms with E-state index in [1.807, 2.05) is 13.8 Å². The third-order valence-electron chi connectivity index (χ3n) is 3.06. The van der Waals surface area contributed by atoms with E-state index in [1.54, 1.807) is 13.8 Å². The van der Waals surface area contributed by atoms with E-state index in [1.165, 1.54) is 0 Å². The van der Waals surface area contributed by atoms with Crippen molar-refractivity contribution < 1.29 is 24.3 Å². The number of aliphatic hydroxyl groups excluding tert-OH is 1. The van der Waals surface area contributed by atoms with E-state index in [2.05, 4.69) is 5.32 Å². The molecule has 1 unspecified atom stereocenters. The first-order valence-corrected chi connectivity index (χ1v) is 7.78. The molecule has 0 aromatic heterocycles. The molecule has 0 rings (SSSR count). The van der Waals surface area contributed by atoms with E-state index in [0.717, 1.165) is 0 Å². The van der Waals surface area contributed by atoms with Crippen LogP contribution < -0.4 is 5.32 Å². The van der Waals surface area contributed by atoms with Gasteiger partial charge in [-0.2, -0.15) is 0 Å². The predicted molar refractivity (Wildman–Crippen MR) is 68.9 cm³/mol. The molecule has 0 saturated carbocycles. The summed E-state index contributed by atoms with van der Waals surface area (Å²) in [5.41, 5.74) is -1.16. The highest BCUT2D eigenvalue weighted by Crippen LogP contribution is 2.48. The number of nitrogens with one attached hydrogen (secondary N) is 1. The lowest BCUT2D eigenvalue weighted by Crippen LogP contribution is -2.48. The average Bonchev–Trinajstić information content (AvgIpc) is 2.13. The molecule has 0 spiro atoms. The third kappa shape index (κ3) is 5.06. The lowest BCUT2D eigenvalue weighted by molar-refractivity contribution is -0.134. The maximum Gasteiger partial charge on any atom is 0.326 e. The largest absolute Gasteiger partial charge is 0.377 e. The van der Waals surface area contributed by atoms with E-state index in [4.69, 9.17) is 5.11 Å². The lowest BCUT2D eigenvalue weighted by atomic mass is 9.72. The summed E-state index contributed by atoms with van der Waals surface area (Å²) in [6, 6.07) is 0. The number of aliphatic hydroxyl groups is 1. The van der Waals surface area contributed by atoms with Crippen LogP contribution in [-0.2, 0) is 9.36 Å². The van der Waals surface area contributed by atoms with Gasteiger partial charge in [-0.05, 0) is 18.3 Å². The summed E-state index contributed by atoms with van der Waals surface area (Å²) >= 11 is 0. The van der Waals surface area contributed by atoms with Gasteiger partial charge in [0.25, 0.3) is 0 Å². The first kappa shape index (κ1) is 17.6. The van der Waals surface area contributed by atoms with E-state index >= 15 is 0 Å². The quantitative estimate of drug-likeness (QED) is 0.410. The average molecular weight is 281 g/mol. The highest BCUT2D eigenvalue weighted by Gasteiger charge is 2.46. The van der Waals surface area contributed by atoms with Crippen LogP contribution in [0, 0.1) is 17.3 Å². The highest BCUT2D eigenvalue weighted by molar-refractivity contribution is 7.51. The van der Waals surface area contributed by atoms with Gasteiger partial charge in [0, 0.05) is 0 Å². The van der Waals surface area contributed by atoms with Crippen LogP contribution in [0.5, 0.6) is 0 Å². The molecule has 0 radical (unpaired) electrons. The number of carbonyl (C=O) groups is 1. The van der Waals surface area contributed by atoms with Gasteiger partial charge >= 0.3 is 7.60 Å². The Hall–Kier alpha value is -0.420. The number of hydrogen-bond donors (Lipinski definition) is 4. The zero-order chi connectivity index (χ0) is 14.6. The van der Waals surface area contributed by atoms with Crippen LogP contribution in [0.3, 0.4) is 0 Å². The Morgan fingerprint density at radius 3 is 2.06 bits per heavy atom. The van der Waals surface area contributed by atoms with Crippen LogP contribution in [0.4, 0.5) is 0 Å². The molecule has 7 heteroatoms. The molecule has 6 nitrogen and oxygen atoms in total. The molecule has 108 valence electrons. The van der Waals surface area contributed by atoms with Gasteiger partial charge in [0.1, 0.15) is 6.73 Å². The fourth-order valence-corrected chi connectivity index (χ4v) is 3.63. The smallest absolute Gasteiger partial charge is 0.326 e. The molecule has 0 aliphatic rings. The Morgan fingerprint density at radius 1 is 1.28 bits per heavy atom. The summed E-state index contributed by atoms with van der Waals surface area (Å²) in [6.07, 6.45) is -0.136. The van der Waals surface area contributed by atoms with Crippen molar-refractivity contribution in [3.63, 3.8) is 0 Å². The predicted octanol–water partition coefficient (Wildman–Crippen LogP) is 0.919. The van der Waals surface area contributed by atoms with Crippen molar-refractivity contribution in [2.45, 2.75) is 34.1 Å². The van der Waals surface area contributed by atoms with Crippen molar-refractivity contribution in [1.82, 2.24) is 5.32 Å². The van der Waals surface area contributed by atoms with Gasteiger partial charge in [-0.25, -0.2) is 0 Å². The molecule has 0 aliphatic heterocycles. The van der Waals surface area contributed by atoms with Crippen LogP contribution in [0.25, 0.3) is 0 Å². The fraction of sp³-hybridized carbons (Fsp3) is 0.909. The third-order valence-corrected chi connectivity index (χ3v) is 4.03. The summed E-state index contributed by atoms with van der Waals surface area (Å²) in [7, 11) is -4.32. The number of hydrogen-bond acceptors (Lipinski definition) is 3. The maximum atomic E-state index is 12.1. The molecular formula is C11H24NO5P. The molecule has 0 aliphatic carbocycles. The second kappa shape index (κ2) is 6.66. The van der Waals surface area contributed by atoms with Crippen LogP contribution in [0.1, 0.15) is 34.1 Å². The van der Waals surface area contributed by atoms with Crippen molar-refractivity contribution in [1.29, 1.82) is 0 Å². The Bertz CT molecular complexity index is 325. The van der Waals surface area contributed by atoms with E-state index in [-0.39, 0.29) is 11.8 Å². The topological polar surface area (TPSA) is 107 Å². The Labute approximate surface area is 108 Å². The second-order valence-electron chi connectivity index (χ2n) is 5.40. The molecule has 0 saturated heterocycles. The Morgan fingerprint density at radius 2 is 1.78 bits per heavy atom. The summed E-state index contributed by atoms with van der Waals surface area (Å²) in [5, 5.41) is 11.1. The lowest BCUT2D eigenvalue weighted by Gasteiger charge is -2.37. The maximum absolute atomic E-state index is 12.1. The van der Waals surface area contributed by atoms with Gasteiger partial charge < -0.3 is 20.2 Å². The molecule has 0 bridgehead atoms.